The van der Waals surface area contributed by atoms with Crippen LogP contribution in [0, 0.1) is 5.82 Å². The van der Waals surface area contributed by atoms with Crippen LogP contribution in [-0.2, 0) is 0 Å². The van der Waals surface area contributed by atoms with Gasteiger partial charge in [0.1, 0.15) is 11.6 Å². The Kier molecular flexibility index (Phi) is 10.9. The summed E-state index contributed by atoms with van der Waals surface area (Å²) in [5.74, 6) is 1.30. The molecule has 1 aromatic carbocycles. The molecule has 1 aromatic rings. The van der Waals surface area contributed by atoms with Crippen LogP contribution in [0.15, 0.2) is 29.3 Å². The summed E-state index contributed by atoms with van der Waals surface area (Å²) < 4.78 is 18.4. The normalized spacial score (nSPS) is 16.3. The number of likely N-dealkylation sites (tertiary alicyclic amines) is 1. The number of guanidine groups is 1. The maximum absolute atomic E-state index is 12.8. The third-order valence-electron chi connectivity index (χ3n) is 4.52. The average molecular weight is 478 g/mol. The van der Waals surface area contributed by atoms with E-state index in [1.807, 2.05) is 0 Å². The fourth-order valence-electron chi connectivity index (χ4n) is 2.95. The summed E-state index contributed by atoms with van der Waals surface area (Å²) >= 11 is 0. The van der Waals surface area contributed by atoms with Crippen molar-refractivity contribution in [1.29, 1.82) is 0 Å². The lowest BCUT2D eigenvalue weighted by molar-refractivity contribution is 0.167. The number of piperidine rings is 1. The summed E-state index contributed by atoms with van der Waals surface area (Å²) in [6, 6.07) is 7.21. The molecule has 0 aromatic heterocycles. The highest BCUT2D eigenvalue weighted by atomic mass is 127. The molecule has 26 heavy (non-hydrogen) atoms. The summed E-state index contributed by atoms with van der Waals surface area (Å²) in [6.45, 7) is 8.15. The van der Waals surface area contributed by atoms with E-state index in [9.17, 15) is 4.39 Å². The molecule has 7 heteroatoms. The van der Waals surface area contributed by atoms with E-state index in [4.69, 9.17) is 4.74 Å². The van der Waals surface area contributed by atoms with Crippen molar-refractivity contribution in [3.05, 3.63) is 30.1 Å². The van der Waals surface area contributed by atoms with Gasteiger partial charge in [-0.05, 0) is 57.4 Å². The lowest BCUT2D eigenvalue weighted by Gasteiger charge is -2.35. The standard InChI is InChI=1S/C19H31FN4O.HI/c1-15(2)24-12-9-17(10-13-24)23-19(21-3)22-11-4-14-25-18-7-5-16(20)6-8-18;/h5-8,15,17H,4,9-14H2,1-3H3,(H2,21,22,23);1H. The lowest BCUT2D eigenvalue weighted by Crippen LogP contribution is -2.50. The van der Waals surface area contributed by atoms with Gasteiger partial charge in [-0.1, -0.05) is 0 Å². The summed E-state index contributed by atoms with van der Waals surface area (Å²) in [5, 5.41) is 6.84. The van der Waals surface area contributed by atoms with Crippen molar-refractivity contribution in [2.45, 2.75) is 45.2 Å². The van der Waals surface area contributed by atoms with Crippen molar-refractivity contribution in [2.75, 3.05) is 33.3 Å². The molecule has 2 N–H and O–H groups in total. The van der Waals surface area contributed by atoms with Gasteiger partial charge in [-0.2, -0.15) is 0 Å². The molecule has 0 saturated carbocycles. The molecule has 2 rings (SSSR count). The molecule has 1 aliphatic rings. The molecule has 1 aliphatic heterocycles. The van der Waals surface area contributed by atoms with Gasteiger partial charge < -0.3 is 20.3 Å². The summed E-state index contributed by atoms with van der Waals surface area (Å²) in [4.78, 5) is 6.82. The number of aliphatic imine (C=N–C) groups is 1. The van der Waals surface area contributed by atoms with Gasteiger partial charge in [0, 0.05) is 38.8 Å². The van der Waals surface area contributed by atoms with Gasteiger partial charge in [0.25, 0.3) is 0 Å². The zero-order chi connectivity index (χ0) is 18.1. The Labute approximate surface area is 173 Å². The first-order chi connectivity index (χ1) is 12.1. The van der Waals surface area contributed by atoms with Crippen molar-refractivity contribution in [3.8, 4) is 5.75 Å². The number of rotatable bonds is 7. The minimum absolute atomic E-state index is 0. The Morgan fingerprint density at radius 3 is 2.50 bits per heavy atom. The first kappa shape index (κ1) is 23.0. The Morgan fingerprint density at radius 1 is 1.27 bits per heavy atom. The average Bonchev–Trinajstić information content (AvgIpc) is 2.62. The minimum Gasteiger partial charge on any atom is -0.494 e. The van der Waals surface area contributed by atoms with E-state index in [2.05, 4.69) is 34.4 Å². The third kappa shape index (κ3) is 8.07. The Bertz CT molecular complexity index is 531. The molecule has 1 saturated heterocycles. The van der Waals surface area contributed by atoms with Crippen LogP contribution >= 0.6 is 24.0 Å². The van der Waals surface area contributed by atoms with Gasteiger partial charge in [0.2, 0.25) is 0 Å². The first-order valence-corrected chi connectivity index (χ1v) is 9.18. The maximum atomic E-state index is 12.8. The van der Waals surface area contributed by atoms with Crippen LogP contribution in [0.25, 0.3) is 0 Å². The molecule has 0 bridgehead atoms. The van der Waals surface area contributed by atoms with Crippen molar-refractivity contribution in [2.24, 2.45) is 4.99 Å². The molecular formula is C19H32FIN4O. The SMILES string of the molecule is CN=C(NCCCOc1ccc(F)cc1)NC1CCN(C(C)C)CC1.I. The lowest BCUT2D eigenvalue weighted by atomic mass is 10.0. The van der Waals surface area contributed by atoms with E-state index < -0.39 is 0 Å². The molecule has 0 spiro atoms. The van der Waals surface area contributed by atoms with E-state index in [-0.39, 0.29) is 29.8 Å². The minimum atomic E-state index is -0.247. The number of ether oxygens (including phenoxy) is 1. The van der Waals surface area contributed by atoms with E-state index in [0.29, 0.717) is 24.4 Å². The number of halogens is 2. The first-order valence-electron chi connectivity index (χ1n) is 9.18. The smallest absolute Gasteiger partial charge is 0.191 e. The molecule has 0 radical (unpaired) electrons. The maximum Gasteiger partial charge on any atom is 0.191 e. The Morgan fingerprint density at radius 2 is 1.92 bits per heavy atom. The van der Waals surface area contributed by atoms with Crippen molar-refractivity contribution in [3.63, 3.8) is 0 Å². The number of nitrogens with one attached hydrogen (secondary N) is 2. The second kappa shape index (κ2) is 12.3. The molecule has 148 valence electrons. The van der Waals surface area contributed by atoms with Crippen molar-refractivity contribution < 1.29 is 9.13 Å². The molecule has 5 nitrogen and oxygen atoms in total. The van der Waals surface area contributed by atoms with Crippen LogP contribution in [0.5, 0.6) is 5.75 Å². The van der Waals surface area contributed by atoms with E-state index in [1.54, 1.807) is 19.2 Å². The van der Waals surface area contributed by atoms with Crippen LogP contribution in [0.4, 0.5) is 4.39 Å². The van der Waals surface area contributed by atoms with Crippen LogP contribution in [0.1, 0.15) is 33.1 Å². The van der Waals surface area contributed by atoms with E-state index >= 15 is 0 Å². The number of hydrogen-bond acceptors (Lipinski definition) is 3. The van der Waals surface area contributed by atoms with Gasteiger partial charge >= 0.3 is 0 Å². The highest BCUT2D eigenvalue weighted by Crippen LogP contribution is 2.13. The van der Waals surface area contributed by atoms with Crippen LogP contribution in [-0.4, -0.2) is 56.2 Å². The topological polar surface area (TPSA) is 48.9 Å². The molecule has 0 aliphatic carbocycles. The van der Waals surface area contributed by atoms with Crippen molar-refractivity contribution >= 4 is 29.9 Å². The molecular weight excluding hydrogens is 446 g/mol. The van der Waals surface area contributed by atoms with Gasteiger partial charge in [0.15, 0.2) is 5.96 Å². The highest BCUT2D eigenvalue weighted by Gasteiger charge is 2.21. The Balaban J connectivity index is 0.00000338. The monoisotopic (exact) mass is 478 g/mol. The van der Waals surface area contributed by atoms with Gasteiger partial charge in [0.05, 0.1) is 6.61 Å². The predicted octanol–water partition coefficient (Wildman–Crippen LogP) is 3.25. The van der Waals surface area contributed by atoms with Crippen LogP contribution in [0.2, 0.25) is 0 Å². The van der Waals surface area contributed by atoms with Crippen molar-refractivity contribution in [1.82, 2.24) is 15.5 Å². The van der Waals surface area contributed by atoms with Crippen LogP contribution in [0.3, 0.4) is 0 Å². The van der Waals surface area contributed by atoms with Gasteiger partial charge in [-0.15, -0.1) is 24.0 Å². The van der Waals surface area contributed by atoms with E-state index in [1.165, 1.54) is 12.1 Å². The summed E-state index contributed by atoms with van der Waals surface area (Å²) in [5.41, 5.74) is 0. The zero-order valence-corrected chi connectivity index (χ0v) is 18.3. The van der Waals surface area contributed by atoms with Gasteiger partial charge in [-0.25, -0.2) is 4.39 Å². The second-order valence-corrected chi connectivity index (χ2v) is 6.70. The third-order valence-corrected chi connectivity index (χ3v) is 4.52. The highest BCUT2D eigenvalue weighted by molar-refractivity contribution is 14.0. The quantitative estimate of drug-likeness (QED) is 0.274. The summed E-state index contributed by atoms with van der Waals surface area (Å²) in [7, 11) is 1.80. The second-order valence-electron chi connectivity index (χ2n) is 6.70. The molecule has 1 fully saturated rings. The zero-order valence-electron chi connectivity index (χ0n) is 16.0. The molecule has 0 atom stereocenters. The predicted molar refractivity (Wildman–Crippen MR) is 116 cm³/mol. The fourth-order valence-corrected chi connectivity index (χ4v) is 2.95. The fraction of sp³-hybridized carbons (Fsp3) is 0.632. The van der Waals surface area contributed by atoms with Crippen LogP contribution < -0.4 is 15.4 Å². The molecule has 0 amide bonds. The van der Waals surface area contributed by atoms with Gasteiger partial charge in [-0.3, -0.25) is 4.99 Å². The largest absolute Gasteiger partial charge is 0.494 e. The molecule has 0 unspecified atom stereocenters. The van der Waals surface area contributed by atoms with E-state index in [0.717, 1.165) is 44.9 Å². The number of hydrogen-bond donors (Lipinski definition) is 2. The molecule has 1 heterocycles. The number of benzene rings is 1. The summed E-state index contributed by atoms with van der Waals surface area (Å²) in [6.07, 6.45) is 3.14. The number of nitrogens with zero attached hydrogens (tertiary/aromatic N) is 2. The Hall–Kier alpha value is -1.09.